The van der Waals surface area contributed by atoms with E-state index in [-0.39, 0.29) is 11.6 Å². The van der Waals surface area contributed by atoms with Gasteiger partial charge in [0, 0.05) is 36.7 Å². The van der Waals surface area contributed by atoms with E-state index >= 15 is 0 Å². The van der Waals surface area contributed by atoms with Crippen molar-refractivity contribution in [2.75, 3.05) is 25.6 Å². The summed E-state index contributed by atoms with van der Waals surface area (Å²) >= 11 is 0. The Hall–Kier alpha value is -4.11. The topological polar surface area (TPSA) is 84.8 Å². The molecule has 2 aromatic carbocycles. The Morgan fingerprint density at radius 1 is 1.20 bits per heavy atom. The third-order valence-corrected chi connectivity index (χ3v) is 5.13. The van der Waals surface area contributed by atoms with Gasteiger partial charge in [-0.1, -0.05) is 12.1 Å². The quantitative estimate of drug-likeness (QED) is 0.443. The van der Waals surface area contributed by atoms with Crippen LogP contribution in [0, 0.1) is 5.82 Å². The summed E-state index contributed by atoms with van der Waals surface area (Å²) in [5.74, 6) is 0.785. The molecule has 0 saturated carbocycles. The standard InChI is InChI=1S/C26H24F2N4O3/c1-34-16-20-15-30-26(32-20)24-13-22(9-10-29-24)35-21-4-2-3-17(11-21)5-8-25(33)31-19-6-7-23(28)18(12-19)14-27/h2-13,20H,14-16H2,1H3,(H,30,32)(H,31,33)/b8-5+/t20-/m0/s1. The molecule has 2 heterocycles. The number of amidine groups is 1. The normalized spacial score (nSPS) is 15.1. The lowest BCUT2D eigenvalue weighted by atomic mass is 10.2. The number of halogens is 2. The third-order valence-electron chi connectivity index (χ3n) is 5.13. The number of carbonyl (C=O) groups is 1. The summed E-state index contributed by atoms with van der Waals surface area (Å²) in [6.45, 7) is 0.232. The highest BCUT2D eigenvalue weighted by Crippen LogP contribution is 2.23. The highest BCUT2D eigenvalue weighted by atomic mass is 19.1. The number of carbonyl (C=O) groups excluding carboxylic acids is 1. The molecule has 3 aromatic rings. The van der Waals surface area contributed by atoms with Crippen LogP contribution in [0.4, 0.5) is 14.5 Å². The number of alkyl halides is 1. The van der Waals surface area contributed by atoms with Gasteiger partial charge in [-0.25, -0.2) is 8.78 Å². The molecule has 0 aliphatic carbocycles. The Labute approximate surface area is 201 Å². The molecule has 0 radical (unpaired) electrons. The number of methoxy groups -OCH3 is 1. The van der Waals surface area contributed by atoms with Crippen LogP contribution < -0.4 is 15.4 Å². The van der Waals surface area contributed by atoms with Gasteiger partial charge in [-0.15, -0.1) is 0 Å². The fourth-order valence-corrected chi connectivity index (χ4v) is 3.47. The van der Waals surface area contributed by atoms with Gasteiger partial charge in [-0.2, -0.15) is 0 Å². The Kier molecular flexibility index (Phi) is 7.79. The summed E-state index contributed by atoms with van der Waals surface area (Å²) in [5.41, 5.74) is 1.61. The van der Waals surface area contributed by atoms with Crippen molar-refractivity contribution in [1.82, 2.24) is 10.3 Å². The SMILES string of the molecule is COC[C@@H]1CN=C(c2cc(Oc3cccc(/C=C/C(=O)Nc4ccc(F)c(CF)c4)c3)ccn2)N1. The molecule has 2 N–H and O–H groups in total. The number of ether oxygens (including phenoxy) is 2. The second-order valence-corrected chi connectivity index (χ2v) is 7.80. The van der Waals surface area contributed by atoms with E-state index in [4.69, 9.17) is 9.47 Å². The van der Waals surface area contributed by atoms with Crippen LogP contribution in [-0.2, 0) is 16.2 Å². The molecular formula is C26H24F2N4O3. The molecule has 0 saturated heterocycles. The number of nitrogens with one attached hydrogen (secondary N) is 2. The van der Waals surface area contributed by atoms with E-state index in [9.17, 15) is 13.6 Å². The molecule has 0 spiro atoms. The lowest BCUT2D eigenvalue weighted by Crippen LogP contribution is -2.34. The van der Waals surface area contributed by atoms with E-state index in [1.165, 1.54) is 18.2 Å². The van der Waals surface area contributed by atoms with Crippen molar-refractivity contribution in [2.45, 2.75) is 12.7 Å². The number of aliphatic imine (C=N–C) groups is 1. The number of hydrogen-bond acceptors (Lipinski definition) is 6. The Bertz CT molecular complexity index is 1260. The molecule has 1 amide bonds. The number of amides is 1. The predicted molar refractivity (Wildman–Crippen MR) is 130 cm³/mol. The molecule has 4 rings (SSSR count). The van der Waals surface area contributed by atoms with Crippen LogP contribution in [0.5, 0.6) is 11.5 Å². The van der Waals surface area contributed by atoms with E-state index in [1.54, 1.807) is 49.7 Å². The molecule has 180 valence electrons. The first-order valence-corrected chi connectivity index (χ1v) is 10.9. The van der Waals surface area contributed by atoms with Crippen LogP contribution >= 0.6 is 0 Å². The van der Waals surface area contributed by atoms with E-state index in [2.05, 4.69) is 20.6 Å². The lowest BCUT2D eigenvalue weighted by Gasteiger charge is -2.11. The van der Waals surface area contributed by atoms with Crippen molar-refractivity contribution in [3.63, 3.8) is 0 Å². The summed E-state index contributed by atoms with van der Waals surface area (Å²) in [4.78, 5) is 21.1. The van der Waals surface area contributed by atoms with Gasteiger partial charge in [0.15, 0.2) is 0 Å². The van der Waals surface area contributed by atoms with E-state index in [0.717, 1.165) is 11.6 Å². The van der Waals surface area contributed by atoms with E-state index in [0.29, 0.717) is 41.9 Å². The monoisotopic (exact) mass is 478 g/mol. The van der Waals surface area contributed by atoms with Crippen LogP contribution in [0.25, 0.3) is 6.08 Å². The summed E-state index contributed by atoms with van der Waals surface area (Å²) in [7, 11) is 1.65. The lowest BCUT2D eigenvalue weighted by molar-refractivity contribution is -0.111. The minimum Gasteiger partial charge on any atom is -0.457 e. The Morgan fingerprint density at radius 3 is 2.89 bits per heavy atom. The molecule has 1 aromatic heterocycles. The minimum atomic E-state index is -0.948. The average molecular weight is 478 g/mol. The second kappa shape index (κ2) is 11.3. The van der Waals surface area contributed by atoms with E-state index < -0.39 is 18.4 Å². The first-order chi connectivity index (χ1) is 17.0. The summed E-state index contributed by atoms with van der Waals surface area (Å²) in [6, 6.07) is 14.6. The van der Waals surface area contributed by atoms with Crippen LogP contribution in [0.15, 0.2) is 71.9 Å². The largest absolute Gasteiger partial charge is 0.457 e. The number of nitrogens with zero attached hydrogens (tertiary/aromatic N) is 2. The van der Waals surface area contributed by atoms with Gasteiger partial charge in [0.2, 0.25) is 5.91 Å². The molecule has 35 heavy (non-hydrogen) atoms. The number of aromatic nitrogens is 1. The van der Waals surface area contributed by atoms with Gasteiger partial charge in [0.1, 0.15) is 35.5 Å². The van der Waals surface area contributed by atoms with Crippen molar-refractivity contribution in [2.24, 2.45) is 4.99 Å². The zero-order valence-corrected chi connectivity index (χ0v) is 19.0. The maximum absolute atomic E-state index is 13.4. The first-order valence-electron chi connectivity index (χ1n) is 10.9. The molecular weight excluding hydrogens is 454 g/mol. The highest BCUT2D eigenvalue weighted by Gasteiger charge is 2.19. The van der Waals surface area contributed by atoms with Gasteiger partial charge in [0.25, 0.3) is 0 Å². The number of rotatable bonds is 9. The van der Waals surface area contributed by atoms with Crippen molar-refractivity contribution < 1.29 is 23.0 Å². The van der Waals surface area contributed by atoms with Gasteiger partial charge in [-0.05, 0) is 48.0 Å². The molecule has 7 nitrogen and oxygen atoms in total. The Balaban J connectivity index is 1.39. The number of anilines is 1. The summed E-state index contributed by atoms with van der Waals surface area (Å²) in [6.07, 6.45) is 4.60. The van der Waals surface area contributed by atoms with Crippen LogP contribution in [0.3, 0.4) is 0 Å². The van der Waals surface area contributed by atoms with Crippen molar-refractivity contribution in [3.8, 4) is 11.5 Å². The zero-order valence-electron chi connectivity index (χ0n) is 19.0. The summed E-state index contributed by atoms with van der Waals surface area (Å²) < 4.78 is 37.4. The van der Waals surface area contributed by atoms with Crippen LogP contribution in [0.1, 0.15) is 16.8 Å². The van der Waals surface area contributed by atoms with Gasteiger partial charge in [-0.3, -0.25) is 14.8 Å². The fraction of sp³-hybridized carbons (Fsp3) is 0.192. The van der Waals surface area contributed by atoms with Crippen molar-refractivity contribution >= 4 is 23.5 Å². The maximum Gasteiger partial charge on any atom is 0.248 e. The molecule has 0 bridgehead atoms. The Morgan fingerprint density at radius 2 is 2.06 bits per heavy atom. The molecule has 0 fully saturated rings. The summed E-state index contributed by atoms with van der Waals surface area (Å²) in [5, 5.41) is 5.88. The molecule has 1 atom stereocenters. The van der Waals surface area contributed by atoms with Crippen LogP contribution in [-0.4, -0.2) is 43.0 Å². The van der Waals surface area contributed by atoms with Gasteiger partial charge >= 0.3 is 0 Å². The predicted octanol–water partition coefficient (Wildman–Crippen LogP) is 4.50. The van der Waals surface area contributed by atoms with E-state index in [1.807, 2.05) is 6.07 Å². The smallest absolute Gasteiger partial charge is 0.248 e. The number of pyridine rings is 1. The maximum atomic E-state index is 13.4. The van der Waals surface area contributed by atoms with Crippen molar-refractivity contribution in [1.29, 1.82) is 0 Å². The molecule has 1 aliphatic rings. The second-order valence-electron chi connectivity index (χ2n) is 7.80. The highest BCUT2D eigenvalue weighted by molar-refractivity contribution is 6.02. The average Bonchev–Trinajstić information content (AvgIpc) is 3.33. The molecule has 0 unspecified atom stereocenters. The third kappa shape index (κ3) is 6.48. The van der Waals surface area contributed by atoms with Gasteiger partial charge in [0.05, 0.1) is 19.2 Å². The van der Waals surface area contributed by atoms with Crippen molar-refractivity contribution in [3.05, 3.63) is 89.5 Å². The van der Waals surface area contributed by atoms with Gasteiger partial charge < -0.3 is 20.1 Å². The fourth-order valence-electron chi connectivity index (χ4n) is 3.47. The molecule has 9 heteroatoms. The number of benzene rings is 2. The van der Waals surface area contributed by atoms with Crippen LogP contribution in [0.2, 0.25) is 0 Å². The first kappa shape index (κ1) is 24.0. The zero-order chi connectivity index (χ0) is 24.6. The minimum absolute atomic E-state index is 0.110. The molecule has 1 aliphatic heterocycles. The number of hydrogen-bond donors (Lipinski definition) is 2.